The average Bonchev–Trinajstić information content (AvgIpc) is 3.27. The van der Waals surface area contributed by atoms with Crippen molar-refractivity contribution in [2.24, 2.45) is 5.92 Å². The van der Waals surface area contributed by atoms with E-state index in [1.54, 1.807) is 12.1 Å². The second-order valence-electron chi connectivity index (χ2n) is 7.57. The van der Waals surface area contributed by atoms with E-state index in [2.05, 4.69) is 20.4 Å². The van der Waals surface area contributed by atoms with Gasteiger partial charge in [0.05, 0.1) is 12.1 Å². The van der Waals surface area contributed by atoms with Crippen LogP contribution < -0.4 is 5.32 Å². The Bertz CT molecular complexity index is 940. The van der Waals surface area contributed by atoms with Crippen molar-refractivity contribution in [3.63, 3.8) is 0 Å². The molecule has 2 heterocycles. The number of H-pyrrole nitrogens is 1. The number of carbonyl (C=O) groups is 1. The number of aromatic nitrogens is 2. The van der Waals surface area contributed by atoms with E-state index in [4.69, 9.17) is 0 Å². The number of halogens is 1. The zero-order valence-corrected chi connectivity index (χ0v) is 16.3. The summed E-state index contributed by atoms with van der Waals surface area (Å²) in [6.45, 7) is 2.74. The van der Waals surface area contributed by atoms with Crippen LogP contribution >= 0.6 is 0 Å². The van der Waals surface area contributed by atoms with Gasteiger partial charge >= 0.3 is 0 Å². The van der Waals surface area contributed by atoms with Gasteiger partial charge in [-0.25, -0.2) is 4.39 Å². The Labute approximate surface area is 169 Å². The Kier molecular flexibility index (Phi) is 6.00. The lowest BCUT2D eigenvalue weighted by molar-refractivity contribution is -0.121. The van der Waals surface area contributed by atoms with Crippen LogP contribution in [0, 0.1) is 11.7 Å². The number of nitrogens with one attached hydrogen (secondary N) is 2. The highest BCUT2D eigenvalue weighted by molar-refractivity contribution is 5.93. The van der Waals surface area contributed by atoms with Crippen molar-refractivity contribution in [2.75, 3.05) is 25.0 Å². The topological polar surface area (TPSA) is 61.0 Å². The molecular weight excluding hydrogens is 367 g/mol. The van der Waals surface area contributed by atoms with E-state index in [-0.39, 0.29) is 17.6 Å². The Morgan fingerprint density at radius 2 is 2.07 bits per heavy atom. The first kappa shape index (κ1) is 19.3. The second-order valence-corrected chi connectivity index (χ2v) is 7.57. The Hall–Kier alpha value is -2.99. The summed E-state index contributed by atoms with van der Waals surface area (Å²) in [7, 11) is 0. The van der Waals surface area contributed by atoms with Crippen LogP contribution in [0.15, 0.2) is 60.9 Å². The van der Waals surface area contributed by atoms with Gasteiger partial charge in [-0.3, -0.25) is 9.89 Å². The molecule has 1 fully saturated rings. The van der Waals surface area contributed by atoms with Crippen molar-refractivity contribution in [3.8, 4) is 11.1 Å². The lowest BCUT2D eigenvalue weighted by atomic mass is 9.96. The lowest BCUT2D eigenvalue weighted by Gasteiger charge is -2.31. The van der Waals surface area contributed by atoms with Crippen LogP contribution in [0.3, 0.4) is 0 Å². The minimum Gasteiger partial charge on any atom is -0.326 e. The van der Waals surface area contributed by atoms with Gasteiger partial charge in [-0.1, -0.05) is 24.3 Å². The molecular formula is C23H25FN4O. The van der Waals surface area contributed by atoms with E-state index < -0.39 is 0 Å². The molecule has 1 atom stereocenters. The zero-order valence-electron chi connectivity index (χ0n) is 16.3. The molecule has 1 amide bonds. The van der Waals surface area contributed by atoms with Gasteiger partial charge in [0.15, 0.2) is 0 Å². The molecule has 0 aliphatic carbocycles. The van der Waals surface area contributed by atoms with Gasteiger partial charge in [-0.2, -0.15) is 5.10 Å². The van der Waals surface area contributed by atoms with Crippen molar-refractivity contribution in [3.05, 3.63) is 72.3 Å². The molecule has 0 unspecified atom stereocenters. The summed E-state index contributed by atoms with van der Waals surface area (Å²) >= 11 is 0. The highest BCUT2D eigenvalue weighted by Gasteiger charge is 2.25. The molecule has 29 heavy (non-hydrogen) atoms. The van der Waals surface area contributed by atoms with Crippen LogP contribution in [-0.2, 0) is 11.2 Å². The molecule has 6 heteroatoms. The van der Waals surface area contributed by atoms with E-state index in [1.165, 1.54) is 17.7 Å². The third-order valence-corrected chi connectivity index (χ3v) is 5.46. The molecule has 2 aromatic carbocycles. The van der Waals surface area contributed by atoms with Gasteiger partial charge in [-0.15, -0.1) is 0 Å². The van der Waals surface area contributed by atoms with Crippen molar-refractivity contribution >= 4 is 11.6 Å². The van der Waals surface area contributed by atoms with E-state index >= 15 is 0 Å². The number of anilines is 1. The molecule has 0 bridgehead atoms. The summed E-state index contributed by atoms with van der Waals surface area (Å²) < 4.78 is 13.2. The predicted molar refractivity (Wildman–Crippen MR) is 112 cm³/mol. The Morgan fingerprint density at radius 3 is 2.86 bits per heavy atom. The molecule has 1 aromatic heterocycles. The molecule has 0 radical (unpaired) electrons. The van der Waals surface area contributed by atoms with Crippen molar-refractivity contribution in [2.45, 2.75) is 19.3 Å². The van der Waals surface area contributed by atoms with E-state index in [1.807, 2.05) is 36.7 Å². The maximum atomic E-state index is 13.2. The van der Waals surface area contributed by atoms with Crippen LogP contribution in [-0.4, -0.2) is 40.6 Å². The summed E-state index contributed by atoms with van der Waals surface area (Å²) in [5.74, 6) is -0.204. The summed E-state index contributed by atoms with van der Waals surface area (Å²) in [6, 6.07) is 14.1. The molecule has 0 spiro atoms. The first-order valence-electron chi connectivity index (χ1n) is 10.0. The van der Waals surface area contributed by atoms with Crippen LogP contribution in [0.1, 0.15) is 18.4 Å². The van der Waals surface area contributed by atoms with Crippen LogP contribution in [0.4, 0.5) is 10.1 Å². The fourth-order valence-corrected chi connectivity index (χ4v) is 3.84. The Morgan fingerprint density at radius 1 is 1.21 bits per heavy atom. The normalized spacial score (nSPS) is 17.2. The molecule has 3 aromatic rings. The predicted octanol–water partition coefficient (Wildman–Crippen LogP) is 4.11. The fraction of sp³-hybridized carbons (Fsp3) is 0.304. The summed E-state index contributed by atoms with van der Waals surface area (Å²) in [5.41, 5.74) is 3.83. The van der Waals surface area contributed by atoms with Gasteiger partial charge in [0.25, 0.3) is 0 Å². The number of carbonyl (C=O) groups excluding carboxylic acids is 1. The number of benzene rings is 2. The number of rotatable bonds is 6. The van der Waals surface area contributed by atoms with Gasteiger partial charge in [0.2, 0.25) is 5.91 Å². The number of amides is 1. The minimum absolute atomic E-state index is 0.0115. The molecule has 150 valence electrons. The SMILES string of the molecule is O=C(Nc1cccc(-c2ccc(F)cc2)c1)[C@H]1CCCN(CCc2cn[nH]c2)C1. The van der Waals surface area contributed by atoms with Gasteiger partial charge < -0.3 is 10.2 Å². The molecule has 2 N–H and O–H groups in total. The van der Waals surface area contributed by atoms with E-state index in [0.717, 1.165) is 55.7 Å². The van der Waals surface area contributed by atoms with Gasteiger partial charge in [0, 0.05) is 25.0 Å². The smallest absolute Gasteiger partial charge is 0.228 e. The standard InChI is InChI=1S/C23H25FN4O/c24-21-8-6-18(7-9-21)19-3-1-5-22(13-19)27-23(29)20-4-2-11-28(16-20)12-10-17-14-25-26-15-17/h1,3,5-9,13-15,20H,2,4,10-12,16H2,(H,25,26)(H,27,29)/t20-/m0/s1. The maximum Gasteiger partial charge on any atom is 0.228 e. The lowest BCUT2D eigenvalue weighted by Crippen LogP contribution is -2.41. The van der Waals surface area contributed by atoms with E-state index in [9.17, 15) is 9.18 Å². The quantitative estimate of drug-likeness (QED) is 0.664. The van der Waals surface area contributed by atoms with Crippen LogP contribution in [0.25, 0.3) is 11.1 Å². The van der Waals surface area contributed by atoms with Crippen molar-refractivity contribution in [1.82, 2.24) is 15.1 Å². The molecule has 1 aliphatic heterocycles. The number of hydrogen-bond donors (Lipinski definition) is 2. The molecule has 0 saturated carbocycles. The van der Waals surface area contributed by atoms with Crippen LogP contribution in [0.5, 0.6) is 0 Å². The minimum atomic E-state index is -0.257. The summed E-state index contributed by atoms with van der Waals surface area (Å²) in [4.78, 5) is 15.2. The number of nitrogens with zero attached hydrogens (tertiary/aromatic N) is 2. The van der Waals surface area contributed by atoms with Crippen molar-refractivity contribution < 1.29 is 9.18 Å². The van der Waals surface area contributed by atoms with E-state index in [0.29, 0.717) is 0 Å². The summed E-state index contributed by atoms with van der Waals surface area (Å²) in [6.07, 6.45) is 6.64. The molecule has 1 aliphatic rings. The molecule has 4 rings (SSSR count). The third kappa shape index (κ3) is 5.09. The Balaban J connectivity index is 1.36. The molecule has 1 saturated heterocycles. The highest BCUT2D eigenvalue weighted by atomic mass is 19.1. The highest BCUT2D eigenvalue weighted by Crippen LogP contribution is 2.24. The number of likely N-dealkylation sites (tertiary alicyclic amines) is 1. The third-order valence-electron chi connectivity index (χ3n) is 5.46. The largest absolute Gasteiger partial charge is 0.326 e. The second kappa shape index (κ2) is 9.01. The fourth-order valence-electron chi connectivity index (χ4n) is 3.84. The van der Waals surface area contributed by atoms with Gasteiger partial charge in [-0.05, 0) is 66.8 Å². The number of aromatic amines is 1. The number of hydrogen-bond acceptors (Lipinski definition) is 3. The summed E-state index contributed by atoms with van der Waals surface area (Å²) in [5, 5.41) is 9.89. The average molecular weight is 392 g/mol. The first-order chi connectivity index (χ1) is 14.2. The monoisotopic (exact) mass is 392 g/mol. The van der Waals surface area contributed by atoms with Gasteiger partial charge in [0.1, 0.15) is 5.82 Å². The molecule has 5 nitrogen and oxygen atoms in total. The zero-order chi connectivity index (χ0) is 20.1. The van der Waals surface area contributed by atoms with Crippen molar-refractivity contribution in [1.29, 1.82) is 0 Å². The first-order valence-corrected chi connectivity index (χ1v) is 10.0. The number of piperidine rings is 1. The maximum absolute atomic E-state index is 13.2. The van der Waals surface area contributed by atoms with Crippen LogP contribution in [0.2, 0.25) is 0 Å².